The highest BCUT2D eigenvalue weighted by Crippen LogP contribution is 2.31. The number of nitrogens with zero attached hydrogens (tertiary/aromatic N) is 2. The van der Waals surface area contributed by atoms with Gasteiger partial charge < -0.3 is 29.7 Å². The Morgan fingerprint density at radius 1 is 1.00 bits per heavy atom. The summed E-state index contributed by atoms with van der Waals surface area (Å²) in [7, 11) is 3.27. The van der Waals surface area contributed by atoms with E-state index in [0.717, 1.165) is 43.2 Å². The number of carbonyl (C=O) groups is 2. The third-order valence-corrected chi connectivity index (χ3v) is 6.28. The maximum Gasteiger partial charge on any atom is 0.338 e. The quantitative estimate of drug-likeness (QED) is 0.562. The number of para-hydroxylation sites is 2. The molecule has 0 saturated carbocycles. The first kappa shape index (κ1) is 24.4. The second-order valence-corrected chi connectivity index (χ2v) is 8.35. The third-order valence-electron chi connectivity index (χ3n) is 6.28. The van der Waals surface area contributed by atoms with E-state index in [4.69, 9.17) is 14.2 Å². The number of amides is 2. The fourth-order valence-corrected chi connectivity index (χ4v) is 4.50. The van der Waals surface area contributed by atoms with Crippen LogP contribution in [0.15, 0.2) is 59.8 Å². The molecule has 0 aromatic heterocycles. The highest BCUT2D eigenvalue weighted by molar-refractivity contribution is 5.95. The molecule has 186 valence electrons. The smallest absolute Gasteiger partial charge is 0.338 e. The summed E-state index contributed by atoms with van der Waals surface area (Å²) in [6.45, 7) is 5.60. The first-order chi connectivity index (χ1) is 17.0. The molecule has 0 aliphatic carbocycles. The Labute approximate surface area is 205 Å². The number of carbonyl (C=O) groups excluding carboxylic acids is 2. The minimum absolute atomic E-state index is 0.247. The average Bonchev–Trinajstić information content (AvgIpc) is 2.89. The molecule has 2 aromatic carbocycles. The molecule has 0 bridgehead atoms. The lowest BCUT2D eigenvalue weighted by Gasteiger charge is -2.38. The van der Waals surface area contributed by atoms with Crippen LogP contribution in [-0.2, 0) is 9.53 Å². The molecule has 9 nitrogen and oxygen atoms in total. The van der Waals surface area contributed by atoms with Crippen LogP contribution in [-0.4, -0.2) is 70.5 Å². The fraction of sp³-hybridized carbons (Fsp3) is 0.385. The van der Waals surface area contributed by atoms with Gasteiger partial charge in [0.25, 0.3) is 0 Å². The number of urea groups is 1. The summed E-state index contributed by atoms with van der Waals surface area (Å²) in [6, 6.07) is 14.3. The van der Waals surface area contributed by atoms with Crippen molar-refractivity contribution in [1.29, 1.82) is 0 Å². The predicted octanol–water partition coefficient (Wildman–Crippen LogP) is 2.70. The van der Waals surface area contributed by atoms with E-state index in [-0.39, 0.29) is 12.6 Å². The van der Waals surface area contributed by atoms with E-state index in [1.165, 1.54) is 0 Å². The van der Waals surface area contributed by atoms with Crippen LogP contribution in [0.3, 0.4) is 0 Å². The molecule has 1 saturated heterocycles. The van der Waals surface area contributed by atoms with Crippen molar-refractivity contribution < 1.29 is 23.8 Å². The van der Waals surface area contributed by atoms with Crippen molar-refractivity contribution in [3.63, 3.8) is 0 Å². The molecule has 1 unspecified atom stereocenters. The molecule has 0 radical (unpaired) electrons. The van der Waals surface area contributed by atoms with Gasteiger partial charge in [-0.05, 0) is 36.8 Å². The number of esters is 1. The number of anilines is 1. The van der Waals surface area contributed by atoms with Gasteiger partial charge in [0.05, 0.1) is 38.1 Å². The van der Waals surface area contributed by atoms with Crippen LogP contribution in [0.5, 0.6) is 11.5 Å². The summed E-state index contributed by atoms with van der Waals surface area (Å²) in [6.07, 6.45) is 0. The molecular weight excluding hydrogens is 448 g/mol. The first-order valence-corrected chi connectivity index (χ1v) is 11.8. The molecule has 9 heteroatoms. The van der Waals surface area contributed by atoms with Crippen LogP contribution < -0.4 is 25.0 Å². The van der Waals surface area contributed by atoms with Crippen molar-refractivity contribution in [2.45, 2.75) is 13.0 Å². The number of methoxy groups -OCH3 is 2. The van der Waals surface area contributed by atoms with Gasteiger partial charge in [-0.3, -0.25) is 4.90 Å². The predicted molar refractivity (Wildman–Crippen MR) is 133 cm³/mol. The van der Waals surface area contributed by atoms with Gasteiger partial charge in [-0.15, -0.1) is 0 Å². The molecule has 2 amide bonds. The number of benzene rings is 2. The van der Waals surface area contributed by atoms with Gasteiger partial charge >= 0.3 is 12.0 Å². The molecule has 0 spiro atoms. The lowest BCUT2D eigenvalue weighted by atomic mass is 9.94. The van der Waals surface area contributed by atoms with E-state index >= 15 is 0 Å². The molecule has 35 heavy (non-hydrogen) atoms. The van der Waals surface area contributed by atoms with Gasteiger partial charge in [-0.1, -0.05) is 24.3 Å². The number of ether oxygens (including phenoxy) is 3. The summed E-state index contributed by atoms with van der Waals surface area (Å²) in [5.41, 5.74) is 2.83. The van der Waals surface area contributed by atoms with E-state index in [2.05, 4.69) is 26.5 Å². The molecule has 2 N–H and O–H groups in total. The fourth-order valence-electron chi connectivity index (χ4n) is 4.50. The highest BCUT2D eigenvalue weighted by atomic mass is 16.5. The van der Waals surface area contributed by atoms with Crippen LogP contribution >= 0.6 is 0 Å². The van der Waals surface area contributed by atoms with Gasteiger partial charge in [-0.2, -0.15) is 0 Å². The Hall–Kier alpha value is -3.72. The normalized spacial score (nSPS) is 18.5. The summed E-state index contributed by atoms with van der Waals surface area (Å²) in [4.78, 5) is 30.1. The minimum atomic E-state index is -0.612. The summed E-state index contributed by atoms with van der Waals surface area (Å²) >= 11 is 0. The Balaban J connectivity index is 1.55. The monoisotopic (exact) mass is 480 g/mol. The van der Waals surface area contributed by atoms with Gasteiger partial charge in [0, 0.05) is 38.4 Å². The lowest BCUT2D eigenvalue weighted by Crippen LogP contribution is -2.51. The Morgan fingerprint density at radius 3 is 2.37 bits per heavy atom. The largest absolute Gasteiger partial charge is 0.497 e. The summed E-state index contributed by atoms with van der Waals surface area (Å²) in [5.74, 6) is 1.11. The van der Waals surface area contributed by atoms with Crippen molar-refractivity contribution in [3.8, 4) is 11.5 Å². The van der Waals surface area contributed by atoms with Crippen molar-refractivity contribution in [3.05, 3.63) is 65.4 Å². The molecule has 2 aliphatic rings. The second-order valence-electron chi connectivity index (χ2n) is 8.35. The zero-order chi connectivity index (χ0) is 24.8. The van der Waals surface area contributed by atoms with Gasteiger partial charge in [0.1, 0.15) is 11.5 Å². The van der Waals surface area contributed by atoms with Gasteiger partial charge in [0.2, 0.25) is 0 Å². The first-order valence-electron chi connectivity index (χ1n) is 11.8. The molecule has 4 rings (SSSR count). The second kappa shape index (κ2) is 11.1. The summed E-state index contributed by atoms with van der Waals surface area (Å²) in [5, 5.41) is 5.74. The van der Waals surface area contributed by atoms with E-state index in [1.807, 2.05) is 42.5 Å². The molecule has 2 heterocycles. The van der Waals surface area contributed by atoms with Crippen molar-refractivity contribution in [2.24, 2.45) is 0 Å². The average molecular weight is 481 g/mol. The number of piperazine rings is 1. The third kappa shape index (κ3) is 5.51. The SMILES string of the molecule is CCOC(=O)C1=C(CN2CCN(c3ccccc3OC)CC2)NC(=O)NC1c1ccc(OC)cc1. The molecule has 1 fully saturated rings. The maximum absolute atomic E-state index is 13.0. The van der Waals surface area contributed by atoms with Crippen LogP contribution in [0, 0.1) is 0 Å². The zero-order valence-electron chi connectivity index (χ0n) is 20.4. The minimum Gasteiger partial charge on any atom is -0.497 e. The maximum atomic E-state index is 13.0. The molecule has 2 aliphatic heterocycles. The van der Waals surface area contributed by atoms with Crippen LogP contribution in [0.25, 0.3) is 0 Å². The number of rotatable bonds is 8. The summed E-state index contributed by atoms with van der Waals surface area (Å²) < 4.78 is 16.1. The van der Waals surface area contributed by atoms with E-state index in [1.54, 1.807) is 21.1 Å². The van der Waals surface area contributed by atoms with E-state index in [0.29, 0.717) is 23.6 Å². The number of nitrogens with one attached hydrogen (secondary N) is 2. The Morgan fingerprint density at radius 2 is 1.71 bits per heavy atom. The molecule has 2 aromatic rings. The highest BCUT2D eigenvalue weighted by Gasteiger charge is 2.34. The molecule has 1 atom stereocenters. The number of hydrogen-bond donors (Lipinski definition) is 2. The van der Waals surface area contributed by atoms with E-state index < -0.39 is 12.0 Å². The molecular formula is C26H32N4O5. The lowest BCUT2D eigenvalue weighted by molar-refractivity contribution is -0.139. The van der Waals surface area contributed by atoms with E-state index in [9.17, 15) is 9.59 Å². The Bertz CT molecular complexity index is 1080. The van der Waals surface area contributed by atoms with Gasteiger partial charge in [0.15, 0.2) is 0 Å². The van der Waals surface area contributed by atoms with Gasteiger partial charge in [-0.25, -0.2) is 9.59 Å². The van der Waals surface area contributed by atoms with Crippen molar-refractivity contribution in [1.82, 2.24) is 15.5 Å². The number of hydrogen-bond acceptors (Lipinski definition) is 7. The van der Waals surface area contributed by atoms with Crippen molar-refractivity contribution in [2.75, 3.05) is 58.5 Å². The van der Waals surface area contributed by atoms with Crippen LogP contribution in [0.2, 0.25) is 0 Å². The van der Waals surface area contributed by atoms with Crippen LogP contribution in [0.4, 0.5) is 10.5 Å². The topological polar surface area (TPSA) is 92.4 Å². The standard InChI is InChI=1S/C26H32N4O5/c1-4-35-25(31)23-20(27-26(32)28-24(23)18-9-11-19(33-2)12-10-18)17-29-13-15-30(16-14-29)21-7-5-6-8-22(21)34-3/h5-12,24H,4,13-17H2,1-3H3,(H2,27,28,32). The zero-order valence-corrected chi connectivity index (χ0v) is 20.4. The van der Waals surface area contributed by atoms with Crippen LogP contribution in [0.1, 0.15) is 18.5 Å². The Kier molecular flexibility index (Phi) is 7.77. The van der Waals surface area contributed by atoms with Crippen molar-refractivity contribution >= 4 is 17.7 Å².